The van der Waals surface area contributed by atoms with Gasteiger partial charge in [0.1, 0.15) is 18.3 Å². The average Bonchev–Trinajstić information content (AvgIpc) is 2.75. The van der Waals surface area contributed by atoms with Gasteiger partial charge in [-0.05, 0) is 12.5 Å². The summed E-state index contributed by atoms with van der Waals surface area (Å²) in [4.78, 5) is 13.1. The Labute approximate surface area is 183 Å². The van der Waals surface area contributed by atoms with Gasteiger partial charge in [-0.1, -0.05) is 0 Å². The van der Waals surface area contributed by atoms with Crippen LogP contribution in [0.15, 0.2) is 23.2 Å². The van der Waals surface area contributed by atoms with Gasteiger partial charge in [0.15, 0.2) is 18.2 Å². The van der Waals surface area contributed by atoms with Crippen LogP contribution in [-0.4, -0.2) is 101 Å². The van der Waals surface area contributed by atoms with Crippen molar-refractivity contribution in [1.29, 1.82) is 0 Å². The minimum Gasteiger partial charge on any atom is -0.456 e. The predicted octanol–water partition coefficient (Wildman–Crippen LogP) is -5.49. The van der Waals surface area contributed by atoms with Crippen LogP contribution in [0.4, 0.5) is 0 Å². The van der Waals surface area contributed by atoms with Gasteiger partial charge < -0.3 is 68.0 Å². The van der Waals surface area contributed by atoms with Crippen LogP contribution in [0.3, 0.4) is 0 Å². The zero-order chi connectivity index (χ0) is 23.7. The molecule has 3 aliphatic rings. The molecule has 0 amide bonds. The number of hydrogen-bond donors (Lipinski definition) is 9. The first kappa shape index (κ1) is 24.8. The van der Waals surface area contributed by atoms with Gasteiger partial charge in [0, 0.05) is 12.2 Å². The minimum absolute atomic E-state index is 0.00787. The number of aliphatic hydroxyl groups is 4. The van der Waals surface area contributed by atoms with Gasteiger partial charge in [0.05, 0.1) is 36.6 Å². The molecule has 14 N–H and O–H groups in total. The molecule has 0 spiro atoms. The Kier molecular flexibility index (Phi) is 7.72. The summed E-state index contributed by atoms with van der Waals surface area (Å²) >= 11 is 0. The molecule has 2 heterocycles. The molecule has 0 aromatic rings. The Morgan fingerprint density at radius 2 is 1.72 bits per heavy atom. The van der Waals surface area contributed by atoms with E-state index in [2.05, 4.69) is 0 Å². The lowest BCUT2D eigenvalue weighted by Crippen LogP contribution is -2.62. The van der Waals surface area contributed by atoms with Gasteiger partial charge in [-0.25, -0.2) is 0 Å². The molecule has 0 aromatic carbocycles. The number of ketones is 1. The highest BCUT2D eigenvalue weighted by atomic mass is 16.7. The lowest BCUT2D eigenvalue weighted by Gasteiger charge is -2.41. The Morgan fingerprint density at radius 3 is 2.34 bits per heavy atom. The van der Waals surface area contributed by atoms with Crippen LogP contribution in [0, 0.1) is 0 Å². The molecular formula is C18H31N5O9. The number of carbonyl (C=O) groups is 1. The molecule has 1 aliphatic carbocycles. The van der Waals surface area contributed by atoms with E-state index in [1.807, 2.05) is 0 Å². The number of aliphatic hydroxyl groups excluding tert-OH is 4. The Hall–Kier alpha value is -1.85. The van der Waals surface area contributed by atoms with E-state index in [0.717, 1.165) is 0 Å². The molecule has 0 bridgehead atoms. The third-order valence-electron chi connectivity index (χ3n) is 5.62. The van der Waals surface area contributed by atoms with Crippen molar-refractivity contribution in [3.05, 3.63) is 23.2 Å². The Morgan fingerprint density at radius 1 is 1.06 bits per heavy atom. The average molecular weight is 461 g/mol. The highest BCUT2D eigenvalue weighted by molar-refractivity contribution is 6.01. The van der Waals surface area contributed by atoms with Crippen LogP contribution in [0.1, 0.15) is 6.42 Å². The molecule has 3 rings (SSSR count). The number of rotatable bonds is 6. The monoisotopic (exact) mass is 461 g/mol. The summed E-state index contributed by atoms with van der Waals surface area (Å²) in [6, 6.07) is -1.98. The largest absolute Gasteiger partial charge is 0.456 e. The fourth-order valence-corrected chi connectivity index (χ4v) is 3.71. The van der Waals surface area contributed by atoms with Crippen molar-refractivity contribution in [2.75, 3.05) is 13.2 Å². The molecule has 10 unspecified atom stereocenters. The van der Waals surface area contributed by atoms with Crippen molar-refractivity contribution < 1.29 is 44.2 Å². The summed E-state index contributed by atoms with van der Waals surface area (Å²) in [5.74, 6) is -1.22. The quantitative estimate of drug-likeness (QED) is 0.179. The topological polar surface area (TPSA) is 265 Å². The smallest absolute Gasteiger partial charge is 0.234 e. The summed E-state index contributed by atoms with van der Waals surface area (Å²) < 4.78 is 22.1. The van der Waals surface area contributed by atoms with Crippen molar-refractivity contribution in [3.63, 3.8) is 0 Å². The van der Waals surface area contributed by atoms with E-state index in [1.54, 1.807) is 0 Å². The molecule has 10 atom stereocenters. The van der Waals surface area contributed by atoms with Crippen LogP contribution in [0.25, 0.3) is 0 Å². The van der Waals surface area contributed by atoms with E-state index in [4.69, 9.17) is 47.6 Å². The fourth-order valence-electron chi connectivity index (χ4n) is 3.71. The number of allylic oxidation sites excluding steroid dienone is 1. The second-order valence-corrected chi connectivity index (χ2v) is 7.96. The molecule has 2 fully saturated rings. The third kappa shape index (κ3) is 4.74. The molecule has 14 heteroatoms. The first-order chi connectivity index (χ1) is 15.1. The van der Waals surface area contributed by atoms with E-state index in [9.17, 15) is 25.2 Å². The van der Waals surface area contributed by atoms with Gasteiger partial charge in [-0.15, -0.1) is 0 Å². The maximum atomic E-state index is 13.1. The Bertz CT molecular complexity index is 763. The molecular weight excluding hydrogens is 430 g/mol. The Balaban J connectivity index is 1.76. The molecule has 0 saturated carbocycles. The number of hydrogen-bond acceptors (Lipinski definition) is 14. The van der Waals surface area contributed by atoms with Crippen LogP contribution in [0.5, 0.6) is 0 Å². The SMILES string of the molecule is NCC1OC(OC2C(=O)C(OC3OC(CO)C(O)C(N)C3O)=C(N)C=C2N)C(N)CC1O. The summed E-state index contributed by atoms with van der Waals surface area (Å²) in [7, 11) is 0. The van der Waals surface area contributed by atoms with Gasteiger partial charge in [0.2, 0.25) is 12.1 Å². The molecule has 2 saturated heterocycles. The zero-order valence-electron chi connectivity index (χ0n) is 17.2. The highest BCUT2D eigenvalue weighted by Crippen LogP contribution is 2.29. The second-order valence-electron chi connectivity index (χ2n) is 7.96. The van der Waals surface area contributed by atoms with E-state index >= 15 is 0 Å². The maximum Gasteiger partial charge on any atom is 0.234 e. The number of Topliss-reactive ketones (excluding diaryl/α,β-unsaturated/α-hetero) is 1. The zero-order valence-corrected chi connectivity index (χ0v) is 17.2. The summed E-state index contributed by atoms with van der Waals surface area (Å²) in [5.41, 5.74) is 28.9. The first-order valence-corrected chi connectivity index (χ1v) is 10.1. The van der Waals surface area contributed by atoms with E-state index in [-0.39, 0.29) is 24.4 Å². The van der Waals surface area contributed by atoms with Crippen LogP contribution in [-0.2, 0) is 23.7 Å². The highest BCUT2D eigenvalue weighted by Gasteiger charge is 2.46. The third-order valence-corrected chi connectivity index (χ3v) is 5.62. The summed E-state index contributed by atoms with van der Waals surface area (Å²) in [5, 5.41) is 39.6. The van der Waals surface area contributed by atoms with Crippen LogP contribution >= 0.6 is 0 Å². The summed E-state index contributed by atoms with van der Waals surface area (Å²) in [6.45, 7) is -0.596. The first-order valence-electron chi connectivity index (χ1n) is 10.1. The number of carbonyl (C=O) groups excluding carboxylic acids is 1. The van der Waals surface area contributed by atoms with Crippen LogP contribution in [0.2, 0.25) is 0 Å². The van der Waals surface area contributed by atoms with Gasteiger partial charge >= 0.3 is 0 Å². The fraction of sp³-hybridized carbons (Fsp3) is 0.722. The van der Waals surface area contributed by atoms with Crippen LogP contribution < -0.4 is 28.7 Å². The van der Waals surface area contributed by atoms with Crippen molar-refractivity contribution >= 4 is 5.78 Å². The summed E-state index contributed by atoms with van der Waals surface area (Å²) in [6.07, 6.45) is -8.32. The molecule has 2 aliphatic heterocycles. The second kappa shape index (κ2) is 9.96. The van der Waals surface area contributed by atoms with Crippen molar-refractivity contribution in [1.82, 2.24) is 0 Å². The van der Waals surface area contributed by atoms with Crippen molar-refractivity contribution in [3.8, 4) is 0 Å². The molecule has 182 valence electrons. The predicted molar refractivity (Wildman–Crippen MR) is 106 cm³/mol. The number of nitrogens with two attached hydrogens (primary N) is 5. The number of ether oxygens (including phenoxy) is 4. The minimum atomic E-state index is -1.54. The maximum absolute atomic E-state index is 13.1. The molecule has 0 aromatic heterocycles. The normalized spacial score (nSPS) is 43.2. The molecule has 32 heavy (non-hydrogen) atoms. The van der Waals surface area contributed by atoms with Crippen molar-refractivity contribution in [2.45, 2.75) is 67.7 Å². The lowest BCUT2D eigenvalue weighted by molar-refractivity contribution is -0.265. The van der Waals surface area contributed by atoms with Gasteiger partial charge in [0.25, 0.3) is 0 Å². The molecule has 14 nitrogen and oxygen atoms in total. The van der Waals surface area contributed by atoms with Gasteiger partial charge in [-0.2, -0.15) is 0 Å². The van der Waals surface area contributed by atoms with E-state index in [0.29, 0.717) is 0 Å². The van der Waals surface area contributed by atoms with Crippen molar-refractivity contribution in [2.24, 2.45) is 28.7 Å². The molecule has 0 radical (unpaired) electrons. The standard InChI is InChI=1S/C18H31N5O9/c19-3-9-8(25)2-7(22)17(29-9)31-15-5(20)1-6(21)16(14(15)28)32-18-13(27)11(23)12(26)10(4-24)30-18/h1,7-13,15,17-18,24-27H,2-4,19-23H2. The lowest BCUT2D eigenvalue weighted by atomic mass is 9.97. The van der Waals surface area contributed by atoms with Gasteiger partial charge in [-0.3, -0.25) is 4.79 Å². The van der Waals surface area contributed by atoms with E-state index in [1.165, 1.54) is 6.08 Å². The van der Waals surface area contributed by atoms with E-state index < -0.39 is 79.4 Å².